The van der Waals surface area contributed by atoms with Gasteiger partial charge in [-0.15, -0.1) is 0 Å². The Kier molecular flexibility index (Phi) is 5.27. The molecule has 0 radical (unpaired) electrons. The predicted octanol–water partition coefficient (Wildman–Crippen LogP) is 6.66. The van der Waals surface area contributed by atoms with E-state index in [1.807, 2.05) is 18.2 Å². The first kappa shape index (κ1) is 18.9. The number of ether oxygens (including phenoxy) is 1. The lowest BCUT2D eigenvalue weighted by Gasteiger charge is -2.37. The number of hydrogen-bond acceptors (Lipinski definition) is 2. The van der Waals surface area contributed by atoms with E-state index in [-0.39, 0.29) is 11.9 Å². The van der Waals surface area contributed by atoms with Crippen molar-refractivity contribution in [1.29, 1.82) is 0 Å². The van der Waals surface area contributed by atoms with Crippen LogP contribution in [-0.4, -0.2) is 6.61 Å². The van der Waals surface area contributed by atoms with E-state index in [2.05, 4.69) is 59.9 Å². The molecule has 0 fully saturated rings. The molecule has 1 aliphatic heterocycles. The van der Waals surface area contributed by atoms with E-state index in [9.17, 15) is 4.39 Å². The fourth-order valence-electron chi connectivity index (χ4n) is 4.77. The summed E-state index contributed by atoms with van der Waals surface area (Å²) in [4.78, 5) is 0. The highest BCUT2D eigenvalue weighted by Crippen LogP contribution is 2.50. The molecule has 2 nitrogen and oxygen atoms in total. The Hall–Kier alpha value is -3.07. The molecule has 3 atom stereocenters. The molecule has 0 aromatic heterocycles. The van der Waals surface area contributed by atoms with Gasteiger partial charge in [-0.1, -0.05) is 54.6 Å². The number of allylic oxidation sites excluding steroid dienone is 2. The molecule has 30 heavy (non-hydrogen) atoms. The second kappa shape index (κ2) is 8.35. The first-order valence-corrected chi connectivity index (χ1v) is 10.8. The standard InChI is InChI=1S/C27H26FNO/c28-21-13-11-20(12-14-21)27-24-10-4-9-23(24)25-18-22(15-16-26(25)29-27)30-17-5-8-19-6-2-1-3-7-19/h1-4,6-7,9,11-16,18,23-24,27,29H,5,8,10,17H2. The smallest absolute Gasteiger partial charge is 0.123 e. The van der Waals surface area contributed by atoms with Gasteiger partial charge in [-0.3, -0.25) is 0 Å². The Morgan fingerprint density at radius 2 is 1.80 bits per heavy atom. The molecular weight excluding hydrogens is 373 g/mol. The van der Waals surface area contributed by atoms with Crippen molar-refractivity contribution in [2.75, 3.05) is 11.9 Å². The van der Waals surface area contributed by atoms with Gasteiger partial charge in [0.15, 0.2) is 0 Å². The largest absolute Gasteiger partial charge is 0.494 e. The number of fused-ring (bicyclic) bond motifs is 3. The summed E-state index contributed by atoms with van der Waals surface area (Å²) < 4.78 is 19.5. The lowest BCUT2D eigenvalue weighted by Crippen LogP contribution is -2.29. The molecule has 3 aromatic rings. The van der Waals surface area contributed by atoms with Crippen LogP contribution in [0.2, 0.25) is 0 Å². The van der Waals surface area contributed by atoms with Gasteiger partial charge in [-0.25, -0.2) is 4.39 Å². The summed E-state index contributed by atoms with van der Waals surface area (Å²) in [5.41, 5.74) is 4.94. The average molecular weight is 400 g/mol. The lowest BCUT2D eigenvalue weighted by molar-refractivity contribution is 0.310. The molecule has 0 amide bonds. The van der Waals surface area contributed by atoms with E-state index in [0.717, 1.165) is 36.3 Å². The molecule has 5 rings (SSSR count). The second-order valence-corrected chi connectivity index (χ2v) is 8.21. The van der Waals surface area contributed by atoms with Gasteiger partial charge >= 0.3 is 0 Å². The van der Waals surface area contributed by atoms with Gasteiger partial charge in [-0.2, -0.15) is 0 Å². The third-order valence-electron chi connectivity index (χ3n) is 6.28. The minimum absolute atomic E-state index is 0.190. The van der Waals surface area contributed by atoms with Crippen LogP contribution in [0.4, 0.5) is 10.1 Å². The molecule has 152 valence electrons. The van der Waals surface area contributed by atoms with Crippen molar-refractivity contribution >= 4 is 5.69 Å². The Bertz CT molecular complexity index is 1030. The Morgan fingerprint density at radius 3 is 2.63 bits per heavy atom. The van der Waals surface area contributed by atoms with Crippen molar-refractivity contribution in [3.8, 4) is 5.75 Å². The Morgan fingerprint density at radius 1 is 0.967 bits per heavy atom. The molecule has 1 N–H and O–H groups in total. The molecule has 0 saturated heterocycles. The van der Waals surface area contributed by atoms with Gasteiger partial charge in [0.2, 0.25) is 0 Å². The highest BCUT2D eigenvalue weighted by atomic mass is 19.1. The molecule has 3 aromatic carbocycles. The molecule has 3 unspecified atom stereocenters. The van der Waals surface area contributed by atoms with Crippen LogP contribution in [0.15, 0.2) is 84.9 Å². The van der Waals surface area contributed by atoms with Crippen LogP contribution in [0.3, 0.4) is 0 Å². The van der Waals surface area contributed by atoms with Crippen molar-refractivity contribution in [1.82, 2.24) is 0 Å². The van der Waals surface area contributed by atoms with Crippen molar-refractivity contribution in [3.05, 3.63) is 107 Å². The van der Waals surface area contributed by atoms with Gasteiger partial charge in [-0.05, 0) is 72.2 Å². The topological polar surface area (TPSA) is 21.3 Å². The monoisotopic (exact) mass is 399 g/mol. The number of aryl methyl sites for hydroxylation is 1. The summed E-state index contributed by atoms with van der Waals surface area (Å²) in [6, 6.07) is 24.0. The molecule has 1 heterocycles. The maximum absolute atomic E-state index is 13.4. The first-order chi connectivity index (χ1) is 14.8. The molecule has 1 aliphatic carbocycles. The van der Waals surface area contributed by atoms with Crippen LogP contribution in [0.1, 0.15) is 41.5 Å². The Labute approximate surface area is 177 Å². The zero-order valence-corrected chi connectivity index (χ0v) is 16.9. The van der Waals surface area contributed by atoms with E-state index in [1.54, 1.807) is 12.1 Å². The second-order valence-electron chi connectivity index (χ2n) is 8.21. The first-order valence-electron chi connectivity index (χ1n) is 10.8. The molecule has 3 heteroatoms. The SMILES string of the molecule is Fc1ccc(C2Nc3ccc(OCCCc4ccccc4)cc3C3C=CCC32)cc1. The van der Waals surface area contributed by atoms with Crippen LogP contribution < -0.4 is 10.1 Å². The van der Waals surface area contributed by atoms with Gasteiger partial charge in [0, 0.05) is 11.6 Å². The number of nitrogens with one attached hydrogen (secondary N) is 1. The quantitative estimate of drug-likeness (QED) is 0.369. The van der Waals surface area contributed by atoms with E-state index < -0.39 is 0 Å². The summed E-state index contributed by atoms with van der Waals surface area (Å²) in [5.74, 6) is 1.55. The third-order valence-corrected chi connectivity index (χ3v) is 6.28. The van der Waals surface area contributed by atoms with Crippen LogP contribution in [0, 0.1) is 11.7 Å². The van der Waals surface area contributed by atoms with Gasteiger partial charge < -0.3 is 10.1 Å². The highest BCUT2D eigenvalue weighted by molar-refractivity contribution is 5.61. The van der Waals surface area contributed by atoms with Crippen LogP contribution in [-0.2, 0) is 6.42 Å². The number of hydrogen-bond donors (Lipinski definition) is 1. The maximum Gasteiger partial charge on any atom is 0.123 e. The third kappa shape index (κ3) is 3.85. The molecule has 2 aliphatic rings. The number of benzene rings is 3. The Balaban J connectivity index is 1.29. The minimum atomic E-state index is -0.190. The average Bonchev–Trinajstić information content (AvgIpc) is 3.28. The summed E-state index contributed by atoms with van der Waals surface area (Å²) in [7, 11) is 0. The van der Waals surface area contributed by atoms with Crippen molar-refractivity contribution < 1.29 is 9.13 Å². The zero-order chi connectivity index (χ0) is 20.3. The van der Waals surface area contributed by atoms with E-state index >= 15 is 0 Å². The molecule has 0 spiro atoms. The normalized spacial score (nSPS) is 21.6. The molecule has 0 saturated carbocycles. The van der Waals surface area contributed by atoms with Crippen molar-refractivity contribution in [2.24, 2.45) is 5.92 Å². The van der Waals surface area contributed by atoms with Gasteiger partial charge in [0.05, 0.1) is 12.6 Å². The van der Waals surface area contributed by atoms with Gasteiger partial charge in [0.25, 0.3) is 0 Å². The summed E-state index contributed by atoms with van der Waals surface area (Å²) in [5, 5.41) is 3.70. The van der Waals surface area contributed by atoms with Gasteiger partial charge in [0.1, 0.15) is 11.6 Å². The number of halogens is 1. The van der Waals surface area contributed by atoms with Crippen molar-refractivity contribution in [2.45, 2.75) is 31.2 Å². The van der Waals surface area contributed by atoms with E-state index in [0.29, 0.717) is 18.4 Å². The van der Waals surface area contributed by atoms with Crippen molar-refractivity contribution in [3.63, 3.8) is 0 Å². The van der Waals surface area contributed by atoms with Crippen LogP contribution in [0.25, 0.3) is 0 Å². The van der Waals surface area contributed by atoms with Crippen LogP contribution >= 0.6 is 0 Å². The highest BCUT2D eigenvalue weighted by Gasteiger charge is 2.38. The number of anilines is 1. The fraction of sp³-hybridized carbons (Fsp3) is 0.259. The fourth-order valence-corrected chi connectivity index (χ4v) is 4.77. The zero-order valence-electron chi connectivity index (χ0n) is 16.9. The minimum Gasteiger partial charge on any atom is -0.494 e. The summed E-state index contributed by atoms with van der Waals surface area (Å²) in [6.45, 7) is 0.712. The summed E-state index contributed by atoms with van der Waals surface area (Å²) in [6.07, 6.45) is 7.65. The van der Waals surface area contributed by atoms with E-state index in [1.165, 1.54) is 11.1 Å². The lowest BCUT2D eigenvalue weighted by atomic mass is 9.77. The van der Waals surface area contributed by atoms with Crippen LogP contribution in [0.5, 0.6) is 5.75 Å². The number of rotatable bonds is 6. The molecule has 0 bridgehead atoms. The summed E-state index contributed by atoms with van der Waals surface area (Å²) >= 11 is 0. The van der Waals surface area contributed by atoms with E-state index in [4.69, 9.17) is 4.74 Å². The maximum atomic E-state index is 13.4. The molecular formula is C27H26FNO. The predicted molar refractivity (Wildman–Crippen MR) is 119 cm³/mol.